The van der Waals surface area contributed by atoms with Crippen molar-refractivity contribution in [2.24, 2.45) is 11.8 Å². The summed E-state index contributed by atoms with van der Waals surface area (Å²) < 4.78 is 7.73. The van der Waals surface area contributed by atoms with E-state index in [-0.39, 0.29) is 0 Å². The van der Waals surface area contributed by atoms with E-state index in [1.807, 2.05) is 0 Å². The number of aromatic nitrogens is 5. The summed E-state index contributed by atoms with van der Waals surface area (Å²) in [4.78, 5) is 14.3. The average molecular weight is 474 g/mol. The van der Waals surface area contributed by atoms with E-state index in [1.165, 1.54) is 16.9 Å². The fraction of sp³-hybridized carbons (Fsp3) is 0.636. The number of hydrogen-bond acceptors (Lipinski definition) is 9. The Labute approximate surface area is 197 Å². The highest BCUT2D eigenvalue weighted by molar-refractivity contribution is 7.98. The lowest BCUT2D eigenvalue weighted by molar-refractivity contribution is 0.121. The zero-order valence-corrected chi connectivity index (χ0v) is 20.6. The number of ether oxygens (including phenoxy) is 1. The number of hydrogen-bond donors (Lipinski definition) is 1. The normalized spacial score (nSPS) is 19.1. The standard InChI is InChI=1S/C22H31N7OS2/c1-13(2)11-29-21(28-6-8-30-9-7-28)26-27-22(29)31-12-17-24-19(23)18-15-5-4-14(3)10-16(15)32-20(18)25-17/h13-14H,4-12H2,1-3H3,(H2,23,24,25). The molecule has 1 unspecified atom stereocenters. The molecular formula is C22H31N7OS2. The van der Waals surface area contributed by atoms with Crippen molar-refractivity contribution < 1.29 is 4.74 Å². The van der Waals surface area contributed by atoms with Gasteiger partial charge in [-0.05, 0) is 36.7 Å². The number of thiophene rings is 1. The summed E-state index contributed by atoms with van der Waals surface area (Å²) in [5.41, 5.74) is 7.80. The summed E-state index contributed by atoms with van der Waals surface area (Å²) in [5, 5.41) is 11.0. The lowest BCUT2D eigenvalue weighted by atomic mass is 9.89. The van der Waals surface area contributed by atoms with Crippen molar-refractivity contribution in [3.8, 4) is 0 Å². The molecule has 0 bridgehead atoms. The van der Waals surface area contributed by atoms with E-state index in [9.17, 15) is 0 Å². The zero-order chi connectivity index (χ0) is 22.2. The highest BCUT2D eigenvalue weighted by Gasteiger charge is 2.24. The molecule has 2 N–H and O–H groups in total. The Hall–Kier alpha value is -1.91. The summed E-state index contributed by atoms with van der Waals surface area (Å²) in [7, 11) is 0. The Balaban J connectivity index is 1.39. The highest BCUT2D eigenvalue weighted by Crippen LogP contribution is 2.39. The molecule has 1 atom stereocenters. The third-order valence-electron chi connectivity index (χ3n) is 6.10. The summed E-state index contributed by atoms with van der Waals surface area (Å²) >= 11 is 3.43. The maximum absolute atomic E-state index is 6.42. The van der Waals surface area contributed by atoms with E-state index >= 15 is 0 Å². The highest BCUT2D eigenvalue weighted by atomic mass is 32.2. The number of nitrogens with two attached hydrogens (primary N) is 1. The zero-order valence-electron chi connectivity index (χ0n) is 19.0. The monoisotopic (exact) mass is 473 g/mol. The van der Waals surface area contributed by atoms with Gasteiger partial charge in [-0.15, -0.1) is 21.5 Å². The second-order valence-electron chi connectivity index (χ2n) is 9.23. The average Bonchev–Trinajstić information content (AvgIpc) is 3.33. The van der Waals surface area contributed by atoms with Crippen LogP contribution in [0, 0.1) is 11.8 Å². The maximum atomic E-state index is 6.42. The van der Waals surface area contributed by atoms with Gasteiger partial charge in [0.15, 0.2) is 5.16 Å². The van der Waals surface area contributed by atoms with Gasteiger partial charge in [-0.25, -0.2) is 9.97 Å². The van der Waals surface area contributed by atoms with Crippen LogP contribution in [0.25, 0.3) is 10.2 Å². The Morgan fingerprint density at radius 1 is 1.22 bits per heavy atom. The molecule has 1 saturated heterocycles. The Morgan fingerprint density at radius 2 is 2.03 bits per heavy atom. The van der Waals surface area contributed by atoms with E-state index in [1.54, 1.807) is 23.1 Å². The Bertz CT molecular complexity index is 1100. The number of thioether (sulfide) groups is 1. The van der Waals surface area contributed by atoms with Gasteiger partial charge in [0.25, 0.3) is 0 Å². The molecule has 4 heterocycles. The van der Waals surface area contributed by atoms with E-state index in [0.29, 0.717) is 17.5 Å². The molecule has 8 nitrogen and oxygen atoms in total. The largest absolute Gasteiger partial charge is 0.383 e. The fourth-order valence-electron chi connectivity index (χ4n) is 4.52. The van der Waals surface area contributed by atoms with Crippen molar-refractivity contribution in [1.29, 1.82) is 0 Å². The van der Waals surface area contributed by atoms with Gasteiger partial charge in [0.2, 0.25) is 5.95 Å². The molecule has 1 aliphatic heterocycles. The van der Waals surface area contributed by atoms with Gasteiger partial charge in [-0.3, -0.25) is 4.57 Å². The fourth-order valence-corrected chi connectivity index (χ4v) is 6.73. The number of fused-ring (bicyclic) bond motifs is 3. The van der Waals surface area contributed by atoms with Crippen LogP contribution in [0.5, 0.6) is 0 Å². The van der Waals surface area contributed by atoms with Crippen molar-refractivity contribution in [1.82, 2.24) is 24.7 Å². The summed E-state index contributed by atoms with van der Waals surface area (Å²) in [5.74, 6) is 4.16. The van der Waals surface area contributed by atoms with Crippen molar-refractivity contribution in [2.75, 3.05) is 36.9 Å². The van der Waals surface area contributed by atoms with Gasteiger partial charge in [0, 0.05) is 24.5 Å². The van der Waals surface area contributed by atoms with Gasteiger partial charge >= 0.3 is 0 Å². The summed E-state index contributed by atoms with van der Waals surface area (Å²) in [6.45, 7) is 10.8. The van der Waals surface area contributed by atoms with Crippen molar-refractivity contribution in [2.45, 2.75) is 57.5 Å². The number of morpholine rings is 1. The molecule has 172 valence electrons. The molecule has 0 saturated carbocycles. The molecule has 2 aliphatic rings. The topological polar surface area (TPSA) is 95.0 Å². The minimum Gasteiger partial charge on any atom is -0.383 e. The molecule has 3 aromatic heterocycles. The van der Waals surface area contributed by atoms with Gasteiger partial charge in [0.1, 0.15) is 16.5 Å². The molecule has 0 radical (unpaired) electrons. The lowest BCUT2D eigenvalue weighted by Gasteiger charge is -2.28. The number of anilines is 2. The molecule has 1 aliphatic carbocycles. The summed E-state index contributed by atoms with van der Waals surface area (Å²) in [6, 6.07) is 0. The number of rotatable bonds is 6. The van der Waals surface area contributed by atoms with Crippen LogP contribution >= 0.6 is 23.1 Å². The van der Waals surface area contributed by atoms with Crippen LogP contribution in [0.4, 0.5) is 11.8 Å². The first-order valence-electron chi connectivity index (χ1n) is 11.4. The SMILES string of the molecule is CC(C)Cn1c(SCc2nc(N)c3c4c(sc3n2)CC(C)CC4)nnc1N1CCOCC1. The number of aryl methyl sites for hydroxylation is 1. The van der Waals surface area contributed by atoms with Crippen LogP contribution in [0.15, 0.2) is 5.16 Å². The minimum absolute atomic E-state index is 0.494. The first-order valence-corrected chi connectivity index (χ1v) is 13.2. The minimum atomic E-state index is 0.494. The quantitative estimate of drug-likeness (QED) is 0.541. The lowest BCUT2D eigenvalue weighted by Crippen LogP contribution is -2.38. The second kappa shape index (κ2) is 9.15. The molecule has 32 heavy (non-hydrogen) atoms. The number of nitrogen functional groups attached to an aromatic ring is 1. The first kappa shape index (κ1) is 21.9. The molecule has 0 amide bonds. The van der Waals surface area contributed by atoms with Gasteiger partial charge in [-0.1, -0.05) is 32.5 Å². The van der Waals surface area contributed by atoms with Crippen LogP contribution in [0.1, 0.15) is 43.5 Å². The third kappa shape index (κ3) is 4.32. The van der Waals surface area contributed by atoms with Gasteiger partial charge < -0.3 is 15.4 Å². The summed E-state index contributed by atoms with van der Waals surface area (Å²) in [6.07, 6.45) is 3.43. The van der Waals surface area contributed by atoms with E-state index in [4.69, 9.17) is 15.5 Å². The Kier molecular flexibility index (Phi) is 6.26. The van der Waals surface area contributed by atoms with Gasteiger partial charge in [0.05, 0.1) is 24.4 Å². The van der Waals surface area contributed by atoms with Gasteiger partial charge in [-0.2, -0.15) is 0 Å². The van der Waals surface area contributed by atoms with Crippen LogP contribution in [0.3, 0.4) is 0 Å². The predicted octanol–water partition coefficient (Wildman–Crippen LogP) is 3.77. The predicted molar refractivity (Wildman–Crippen MR) is 130 cm³/mol. The van der Waals surface area contributed by atoms with E-state index < -0.39 is 0 Å². The van der Waals surface area contributed by atoms with Crippen molar-refractivity contribution in [3.63, 3.8) is 0 Å². The molecule has 1 fully saturated rings. The van der Waals surface area contributed by atoms with E-state index in [2.05, 4.69) is 45.4 Å². The molecule has 5 rings (SSSR count). The molecule has 3 aromatic rings. The van der Waals surface area contributed by atoms with Crippen LogP contribution in [0.2, 0.25) is 0 Å². The van der Waals surface area contributed by atoms with Crippen LogP contribution in [-0.4, -0.2) is 51.0 Å². The smallest absolute Gasteiger partial charge is 0.228 e. The van der Waals surface area contributed by atoms with Crippen LogP contribution < -0.4 is 10.6 Å². The van der Waals surface area contributed by atoms with E-state index in [0.717, 1.165) is 78.8 Å². The van der Waals surface area contributed by atoms with Crippen LogP contribution in [-0.2, 0) is 29.9 Å². The van der Waals surface area contributed by atoms with Crippen molar-refractivity contribution in [3.05, 3.63) is 16.3 Å². The molecule has 10 heteroatoms. The van der Waals surface area contributed by atoms with Crippen molar-refractivity contribution >= 4 is 45.1 Å². The second-order valence-corrected chi connectivity index (χ2v) is 11.3. The Morgan fingerprint density at radius 3 is 2.81 bits per heavy atom. The maximum Gasteiger partial charge on any atom is 0.228 e. The molecule has 0 aromatic carbocycles. The number of nitrogens with zero attached hydrogens (tertiary/aromatic N) is 6. The third-order valence-corrected chi connectivity index (χ3v) is 8.21. The molecule has 0 spiro atoms. The molecular weight excluding hydrogens is 442 g/mol. The first-order chi connectivity index (χ1) is 15.5.